The Bertz CT molecular complexity index is 1000. The Balaban J connectivity index is 1.47. The van der Waals surface area contributed by atoms with E-state index in [4.69, 9.17) is 4.74 Å². The van der Waals surface area contributed by atoms with E-state index in [1.54, 1.807) is 29.2 Å². The lowest BCUT2D eigenvalue weighted by Gasteiger charge is -2.43. The fraction of sp³-hybridized carbons (Fsp3) is 0.500. The molecule has 2 fully saturated rings. The molecule has 2 saturated heterocycles. The van der Waals surface area contributed by atoms with Crippen LogP contribution in [0.3, 0.4) is 0 Å². The maximum atomic E-state index is 13.6. The highest BCUT2D eigenvalue weighted by Gasteiger charge is 2.38. The quantitative estimate of drug-likeness (QED) is 0.595. The van der Waals surface area contributed by atoms with E-state index in [1.807, 2.05) is 25.7 Å². The van der Waals surface area contributed by atoms with Gasteiger partial charge in [0, 0.05) is 32.7 Å². The van der Waals surface area contributed by atoms with Gasteiger partial charge >= 0.3 is 6.09 Å². The van der Waals surface area contributed by atoms with Gasteiger partial charge in [-0.25, -0.2) is 13.6 Å². The van der Waals surface area contributed by atoms with Crippen molar-refractivity contribution in [3.63, 3.8) is 0 Å². The molecule has 36 heavy (non-hydrogen) atoms. The van der Waals surface area contributed by atoms with Crippen LogP contribution in [0.25, 0.3) is 0 Å². The number of hydrogen-bond acceptors (Lipinski definition) is 4. The maximum absolute atomic E-state index is 13.6. The zero-order valence-corrected chi connectivity index (χ0v) is 21.3. The van der Waals surface area contributed by atoms with Gasteiger partial charge in [0.05, 0.1) is 6.04 Å². The molecule has 0 aliphatic carbocycles. The summed E-state index contributed by atoms with van der Waals surface area (Å²) >= 11 is 0. The predicted molar refractivity (Wildman–Crippen MR) is 133 cm³/mol. The molecule has 0 aromatic heterocycles. The van der Waals surface area contributed by atoms with Crippen molar-refractivity contribution in [2.75, 3.05) is 32.7 Å². The summed E-state index contributed by atoms with van der Waals surface area (Å²) in [4.78, 5) is 31.9. The van der Waals surface area contributed by atoms with Crippen LogP contribution in [0.15, 0.2) is 48.5 Å². The van der Waals surface area contributed by atoms with Gasteiger partial charge in [-0.05, 0) is 75.4 Å². The van der Waals surface area contributed by atoms with Crippen LogP contribution in [0.2, 0.25) is 0 Å². The van der Waals surface area contributed by atoms with Crippen molar-refractivity contribution in [1.82, 2.24) is 14.7 Å². The molecule has 194 valence electrons. The Morgan fingerprint density at radius 1 is 0.833 bits per heavy atom. The number of nitrogens with zero attached hydrogens (tertiary/aromatic N) is 3. The Hall–Kier alpha value is -3.00. The second-order valence-corrected chi connectivity index (χ2v) is 10.6. The summed E-state index contributed by atoms with van der Waals surface area (Å²) in [5.74, 6) is -0.664. The molecule has 0 N–H and O–H groups in total. The molecule has 2 heterocycles. The van der Waals surface area contributed by atoms with Crippen molar-refractivity contribution in [3.8, 4) is 0 Å². The molecule has 2 aromatic rings. The lowest BCUT2D eigenvalue weighted by Crippen LogP contribution is -2.58. The number of amides is 2. The monoisotopic (exact) mass is 499 g/mol. The van der Waals surface area contributed by atoms with Crippen LogP contribution in [0.1, 0.15) is 57.2 Å². The van der Waals surface area contributed by atoms with Gasteiger partial charge in [-0.2, -0.15) is 0 Å². The van der Waals surface area contributed by atoms with Gasteiger partial charge in [0.15, 0.2) is 0 Å². The first kappa shape index (κ1) is 26.1. The second-order valence-electron chi connectivity index (χ2n) is 10.6. The molecule has 2 aliphatic rings. The standard InChI is InChI=1S/C28H35F2N3O3/c1-28(2,3)36-27(35)33-15-5-4-6-24(33)26(34)32-18-16-31(17-19-32)25(20-7-11-22(29)12-8-20)21-9-13-23(30)14-10-21/h7-14,24-25H,4-6,15-19H2,1-3H3. The third-order valence-electron chi connectivity index (χ3n) is 6.78. The Morgan fingerprint density at radius 3 is 1.86 bits per heavy atom. The van der Waals surface area contributed by atoms with Crippen LogP contribution in [-0.2, 0) is 9.53 Å². The average Bonchev–Trinajstić information content (AvgIpc) is 2.85. The van der Waals surface area contributed by atoms with E-state index in [1.165, 1.54) is 24.3 Å². The van der Waals surface area contributed by atoms with Crippen molar-refractivity contribution in [3.05, 3.63) is 71.3 Å². The molecule has 1 atom stereocenters. The van der Waals surface area contributed by atoms with E-state index in [0.717, 1.165) is 24.0 Å². The lowest BCUT2D eigenvalue weighted by molar-refractivity contribution is -0.140. The van der Waals surface area contributed by atoms with Crippen LogP contribution in [0.4, 0.5) is 13.6 Å². The van der Waals surface area contributed by atoms with Crippen molar-refractivity contribution in [2.45, 2.75) is 57.7 Å². The first-order chi connectivity index (χ1) is 17.1. The molecule has 1 unspecified atom stereocenters. The van der Waals surface area contributed by atoms with Crippen LogP contribution in [-0.4, -0.2) is 71.1 Å². The van der Waals surface area contributed by atoms with E-state index >= 15 is 0 Å². The molecule has 0 spiro atoms. The van der Waals surface area contributed by atoms with E-state index in [9.17, 15) is 18.4 Å². The number of carbonyl (C=O) groups is 2. The number of hydrogen-bond donors (Lipinski definition) is 0. The summed E-state index contributed by atoms with van der Waals surface area (Å²) in [6, 6.07) is 12.0. The van der Waals surface area contributed by atoms with E-state index in [0.29, 0.717) is 39.1 Å². The SMILES string of the molecule is CC(C)(C)OC(=O)N1CCCCC1C(=O)N1CCN(C(c2ccc(F)cc2)c2ccc(F)cc2)CC1. The molecular formula is C28H35F2N3O3. The van der Waals surface area contributed by atoms with E-state index < -0.39 is 17.7 Å². The minimum Gasteiger partial charge on any atom is -0.444 e. The zero-order valence-electron chi connectivity index (χ0n) is 21.3. The molecule has 0 radical (unpaired) electrons. The van der Waals surface area contributed by atoms with Gasteiger partial charge < -0.3 is 9.64 Å². The molecule has 2 aromatic carbocycles. The van der Waals surface area contributed by atoms with Gasteiger partial charge in [-0.1, -0.05) is 24.3 Å². The molecule has 2 aliphatic heterocycles. The molecular weight excluding hydrogens is 464 g/mol. The highest BCUT2D eigenvalue weighted by Crippen LogP contribution is 2.31. The topological polar surface area (TPSA) is 53.1 Å². The molecule has 2 amide bonds. The maximum Gasteiger partial charge on any atom is 0.410 e. The fourth-order valence-corrected chi connectivity index (χ4v) is 5.04. The smallest absolute Gasteiger partial charge is 0.410 e. The van der Waals surface area contributed by atoms with E-state index in [-0.39, 0.29) is 23.6 Å². The van der Waals surface area contributed by atoms with Crippen molar-refractivity contribution < 1.29 is 23.1 Å². The number of halogens is 2. The first-order valence-electron chi connectivity index (χ1n) is 12.7. The Kier molecular flexibility index (Phi) is 7.93. The minimum absolute atomic E-state index is 0.0414. The third-order valence-corrected chi connectivity index (χ3v) is 6.78. The zero-order chi connectivity index (χ0) is 25.9. The fourth-order valence-electron chi connectivity index (χ4n) is 5.04. The number of likely N-dealkylation sites (tertiary alicyclic amines) is 1. The summed E-state index contributed by atoms with van der Waals surface area (Å²) < 4.78 is 32.8. The van der Waals surface area contributed by atoms with Crippen LogP contribution in [0, 0.1) is 11.6 Å². The number of ether oxygens (including phenoxy) is 1. The van der Waals surface area contributed by atoms with Gasteiger partial charge in [-0.15, -0.1) is 0 Å². The molecule has 6 nitrogen and oxygen atoms in total. The largest absolute Gasteiger partial charge is 0.444 e. The third kappa shape index (κ3) is 6.22. The second kappa shape index (κ2) is 10.9. The molecule has 8 heteroatoms. The van der Waals surface area contributed by atoms with Crippen LogP contribution >= 0.6 is 0 Å². The lowest BCUT2D eigenvalue weighted by atomic mass is 9.96. The van der Waals surface area contributed by atoms with Crippen molar-refractivity contribution >= 4 is 12.0 Å². The minimum atomic E-state index is -0.622. The summed E-state index contributed by atoms with van der Waals surface area (Å²) in [5.41, 5.74) is 1.20. The van der Waals surface area contributed by atoms with Gasteiger partial charge in [-0.3, -0.25) is 14.6 Å². The highest BCUT2D eigenvalue weighted by atomic mass is 19.1. The van der Waals surface area contributed by atoms with E-state index in [2.05, 4.69) is 4.90 Å². The number of carbonyl (C=O) groups excluding carboxylic acids is 2. The summed E-state index contributed by atoms with van der Waals surface area (Å²) in [6.45, 7) is 8.21. The number of piperidine rings is 1. The predicted octanol–water partition coefficient (Wildman–Crippen LogP) is 4.99. The first-order valence-corrected chi connectivity index (χ1v) is 12.7. The highest BCUT2D eigenvalue weighted by molar-refractivity contribution is 5.86. The van der Waals surface area contributed by atoms with Crippen LogP contribution in [0.5, 0.6) is 0 Å². The summed E-state index contributed by atoms with van der Waals surface area (Å²) in [7, 11) is 0. The average molecular weight is 500 g/mol. The number of piperazine rings is 1. The molecule has 0 saturated carbocycles. The van der Waals surface area contributed by atoms with Crippen molar-refractivity contribution in [1.29, 1.82) is 0 Å². The Labute approximate surface area is 211 Å². The number of rotatable bonds is 4. The van der Waals surface area contributed by atoms with Crippen molar-refractivity contribution in [2.24, 2.45) is 0 Å². The Morgan fingerprint density at radius 2 is 1.36 bits per heavy atom. The van der Waals surface area contributed by atoms with Gasteiger partial charge in [0.2, 0.25) is 5.91 Å². The van der Waals surface area contributed by atoms with Gasteiger partial charge in [0.25, 0.3) is 0 Å². The van der Waals surface area contributed by atoms with Crippen LogP contribution < -0.4 is 0 Å². The summed E-state index contributed by atoms with van der Waals surface area (Å²) in [6.07, 6.45) is 1.94. The molecule has 0 bridgehead atoms. The number of benzene rings is 2. The normalized spacial score (nSPS) is 19.4. The summed E-state index contributed by atoms with van der Waals surface area (Å²) in [5, 5.41) is 0. The van der Waals surface area contributed by atoms with Gasteiger partial charge in [0.1, 0.15) is 23.3 Å². The molecule has 4 rings (SSSR count).